The predicted molar refractivity (Wildman–Crippen MR) is 125 cm³/mol. The number of nitrogens with zero attached hydrogens (tertiary/aromatic N) is 2. The molecule has 1 aliphatic heterocycles. The van der Waals surface area contributed by atoms with E-state index in [0.29, 0.717) is 17.6 Å². The van der Waals surface area contributed by atoms with Crippen LogP contribution in [0.4, 0.5) is 11.4 Å². The summed E-state index contributed by atoms with van der Waals surface area (Å²) in [7, 11) is 0. The third kappa shape index (κ3) is 4.41. The number of fused-ring (bicyclic) bond motifs is 1. The van der Waals surface area contributed by atoms with Crippen molar-refractivity contribution in [2.45, 2.75) is 65.5 Å². The average Bonchev–Trinajstić information content (AvgIpc) is 2.67. The van der Waals surface area contributed by atoms with Gasteiger partial charge in [-0.3, -0.25) is 4.79 Å². The Kier molecular flexibility index (Phi) is 6.03. The normalized spacial score (nSPS) is 18.0. The monoisotopic (exact) mass is 401 g/mol. The summed E-state index contributed by atoms with van der Waals surface area (Å²) in [6.07, 6.45) is 2.74. The van der Waals surface area contributed by atoms with E-state index < -0.39 is 5.91 Å². The molecule has 1 heterocycles. The molecule has 0 saturated heterocycles. The lowest BCUT2D eigenvalue weighted by atomic mass is 9.79. The van der Waals surface area contributed by atoms with Gasteiger partial charge in [0, 0.05) is 23.0 Å². The lowest BCUT2D eigenvalue weighted by Crippen LogP contribution is -2.51. The molecule has 0 bridgehead atoms. The molecule has 0 aromatic heterocycles. The summed E-state index contributed by atoms with van der Waals surface area (Å²) in [5.41, 5.74) is 5.37. The average molecular weight is 402 g/mol. The van der Waals surface area contributed by atoms with Gasteiger partial charge in [0.1, 0.15) is 11.6 Å². The fourth-order valence-electron chi connectivity index (χ4n) is 4.69. The van der Waals surface area contributed by atoms with Crippen LogP contribution in [0.3, 0.4) is 0 Å². The summed E-state index contributed by atoms with van der Waals surface area (Å²) in [6, 6.07) is 16.2. The number of benzene rings is 2. The number of hydrogen-bond donors (Lipinski definition) is 1. The van der Waals surface area contributed by atoms with Crippen LogP contribution in [0.2, 0.25) is 0 Å². The molecule has 1 amide bonds. The Bertz CT molecular complexity index is 1010. The van der Waals surface area contributed by atoms with Crippen molar-refractivity contribution in [1.29, 1.82) is 5.26 Å². The van der Waals surface area contributed by atoms with E-state index in [0.717, 1.165) is 17.5 Å². The zero-order valence-electron chi connectivity index (χ0n) is 18.8. The van der Waals surface area contributed by atoms with Gasteiger partial charge in [-0.25, -0.2) is 0 Å². The van der Waals surface area contributed by atoms with Gasteiger partial charge in [-0.05, 0) is 88.4 Å². The summed E-state index contributed by atoms with van der Waals surface area (Å²) < 4.78 is 0. The number of hydrogen-bond acceptors (Lipinski definition) is 3. The second kappa shape index (κ2) is 8.36. The number of nitriles is 1. The van der Waals surface area contributed by atoms with E-state index in [1.807, 2.05) is 37.3 Å². The Morgan fingerprint density at radius 1 is 1.23 bits per heavy atom. The summed E-state index contributed by atoms with van der Waals surface area (Å²) in [5, 5.41) is 12.4. The van der Waals surface area contributed by atoms with E-state index >= 15 is 0 Å². The minimum absolute atomic E-state index is 0.0870. The molecule has 156 valence electrons. The Morgan fingerprint density at radius 2 is 1.90 bits per heavy atom. The third-order valence-electron chi connectivity index (χ3n) is 5.80. The summed E-state index contributed by atoms with van der Waals surface area (Å²) in [6.45, 7) is 13.3. The molecule has 0 radical (unpaired) electrons. The molecule has 30 heavy (non-hydrogen) atoms. The van der Waals surface area contributed by atoms with Crippen molar-refractivity contribution in [1.82, 2.24) is 0 Å². The topological polar surface area (TPSA) is 56.1 Å². The first-order valence-corrected chi connectivity index (χ1v) is 10.6. The van der Waals surface area contributed by atoms with Crippen LogP contribution < -0.4 is 10.2 Å². The van der Waals surface area contributed by atoms with Gasteiger partial charge in [0.25, 0.3) is 5.91 Å². The first kappa shape index (κ1) is 21.6. The number of rotatable bonds is 4. The molecule has 0 fully saturated rings. The molecule has 1 N–H and O–H groups in total. The van der Waals surface area contributed by atoms with Crippen molar-refractivity contribution in [2.24, 2.45) is 0 Å². The molecule has 2 aromatic rings. The fourth-order valence-corrected chi connectivity index (χ4v) is 4.69. The van der Waals surface area contributed by atoms with Gasteiger partial charge in [0.15, 0.2) is 0 Å². The minimum atomic E-state index is -0.392. The molecule has 1 unspecified atom stereocenters. The number of carbonyl (C=O) groups excluding carboxylic acids is 1. The van der Waals surface area contributed by atoms with Gasteiger partial charge < -0.3 is 10.2 Å². The molecular weight excluding hydrogens is 370 g/mol. The Morgan fingerprint density at radius 3 is 2.50 bits per heavy atom. The lowest BCUT2D eigenvalue weighted by molar-refractivity contribution is -0.112. The molecule has 1 atom stereocenters. The fraction of sp³-hybridized carbons (Fsp3) is 0.385. The van der Waals surface area contributed by atoms with Crippen molar-refractivity contribution in [2.75, 3.05) is 10.2 Å². The maximum Gasteiger partial charge on any atom is 0.266 e. The standard InChI is InChI=1S/C26H31N3O/c1-17(2)29-24-12-9-20(14-23(24)19(4)15-26(29,5)6)13-21(16-27)25(30)28-22-10-7-18(3)8-11-22/h7-14,17,19H,15H2,1-6H3,(H,28,30)/b21-13-. The van der Waals surface area contributed by atoms with Crippen molar-refractivity contribution in [3.63, 3.8) is 0 Å². The molecule has 4 nitrogen and oxygen atoms in total. The quantitative estimate of drug-likeness (QED) is 0.502. The highest BCUT2D eigenvalue weighted by atomic mass is 16.1. The molecule has 1 aliphatic rings. The summed E-state index contributed by atoms with van der Waals surface area (Å²) >= 11 is 0. The van der Waals surface area contributed by atoms with Crippen LogP contribution in [-0.4, -0.2) is 17.5 Å². The molecule has 0 spiro atoms. The van der Waals surface area contributed by atoms with Gasteiger partial charge >= 0.3 is 0 Å². The predicted octanol–water partition coefficient (Wildman–Crippen LogP) is 6.04. The third-order valence-corrected chi connectivity index (χ3v) is 5.80. The van der Waals surface area contributed by atoms with Crippen LogP contribution in [-0.2, 0) is 4.79 Å². The first-order chi connectivity index (χ1) is 14.1. The maximum absolute atomic E-state index is 12.6. The van der Waals surface area contributed by atoms with Crippen LogP contribution in [0.1, 0.15) is 63.6 Å². The molecule has 2 aromatic carbocycles. The van der Waals surface area contributed by atoms with Crippen LogP contribution in [0.5, 0.6) is 0 Å². The van der Waals surface area contributed by atoms with E-state index in [-0.39, 0.29) is 11.1 Å². The number of amides is 1. The SMILES string of the molecule is Cc1ccc(NC(=O)/C(C#N)=C\c2ccc3c(c2)C(C)CC(C)(C)N3C(C)C)cc1. The van der Waals surface area contributed by atoms with Crippen LogP contribution in [0.15, 0.2) is 48.0 Å². The highest BCUT2D eigenvalue weighted by Gasteiger charge is 2.37. The molecule has 0 saturated carbocycles. The van der Waals surface area contributed by atoms with E-state index in [4.69, 9.17) is 0 Å². The number of aryl methyl sites for hydroxylation is 1. The first-order valence-electron chi connectivity index (χ1n) is 10.6. The zero-order chi connectivity index (χ0) is 22.1. The largest absolute Gasteiger partial charge is 0.364 e. The second-order valence-corrected chi connectivity index (χ2v) is 9.19. The number of anilines is 2. The molecule has 0 aliphatic carbocycles. The molecule has 3 rings (SSSR count). The van der Waals surface area contributed by atoms with Gasteiger partial charge in [0.05, 0.1) is 0 Å². The Balaban J connectivity index is 1.91. The number of carbonyl (C=O) groups is 1. The smallest absolute Gasteiger partial charge is 0.266 e. The van der Waals surface area contributed by atoms with Crippen molar-refractivity contribution in [3.05, 3.63) is 64.7 Å². The van der Waals surface area contributed by atoms with Gasteiger partial charge in [-0.15, -0.1) is 0 Å². The Hall–Kier alpha value is -3.06. The van der Waals surface area contributed by atoms with E-state index in [9.17, 15) is 10.1 Å². The second-order valence-electron chi connectivity index (χ2n) is 9.19. The van der Waals surface area contributed by atoms with Crippen LogP contribution >= 0.6 is 0 Å². The molecular formula is C26H31N3O. The van der Waals surface area contributed by atoms with Crippen molar-refractivity contribution in [3.8, 4) is 6.07 Å². The molecule has 4 heteroatoms. The summed E-state index contributed by atoms with van der Waals surface area (Å²) in [4.78, 5) is 15.1. The number of nitrogens with one attached hydrogen (secondary N) is 1. The maximum atomic E-state index is 12.6. The highest BCUT2D eigenvalue weighted by Crippen LogP contribution is 2.44. The van der Waals surface area contributed by atoms with Gasteiger partial charge in [0.2, 0.25) is 0 Å². The van der Waals surface area contributed by atoms with Crippen LogP contribution in [0.25, 0.3) is 6.08 Å². The van der Waals surface area contributed by atoms with E-state index in [1.54, 1.807) is 6.08 Å². The van der Waals surface area contributed by atoms with Crippen LogP contribution in [0, 0.1) is 18.3 Å². The van der Waals surface area contributed by atoms with E-state index in [1.165, 1.54) is 11.3 Å². The summed E-state index contributed by atoms with van der Waals surface area (Å²) in [5.74, 6) is 0.0160. The van der Waals surface area contributed by atoms with E-state index in [2.05, 4.69) is 63.0 Å². The minimum Gasteiger partial charge on any atom is -0.364 e. The van der Waals surface area contributed by atoms with Gasteiger partial charge in [-0.1, -0.05) is 30.7 Å². The van der Waals surface area contributed by atoms with Crippen molar-refractivity contribution >= 4 is 23.4 Å². The van der Waals surface area contributed by atoms with Crippen molar-refractivity contribution < 1.29 is 4.79 Å². The lowest BCUT2D eigenvalue weighted by Gasteiger charge is -2.50. The van der Waals surface area contributed by atoms with Gasteiger partial charge in [-0.2, -0.15) is 5.26 Å². The zero-order valence-corrected chi connectivity index (χ0v) is 18.8. The highest BCUT2D eigenvalue weighted by molar-refractivity contribution is 6.09. The Labute approximate surface area is 180 Å².